The van der Waals surface area contributed by atoms with Gasteiger partial charge in [0, 0.05) is 31.0 Å². The van der Waals surface area contributed by atoms with Gasteiger partial charge in [-0.1, -0.05) is 37.3 Å². The van der Waals surface area contributed by atoms with Crippen LogP contribution in [0.1, 0.15) is 51.9 Å². The molecule has 0 aliphatic heterocycles. The topological polar surface area (TPSA) is 58.6 Å². The molecule has 1 N–H and O–H groups in total. The minimum absolute atomic E-state index is 0.0147. The Morgan fingerprint density at radius 1 is 1.24 bits per heavy atom. The van der Waals surface area contributed by atoms with Crippen molar-refractivity contribution in [1.29, 1.82) is 0 Å². The van der Waals surface area contributed by atoms with Gasteiger partial charge in [-0.2, -0.15) is 0 Å². The smallest absolute Gasteiger partial charge is 0.223 e. The van der Waals surface area contributed by atoms with Crippen molar-refractivity contribution >= 4 is 29.1 Å². The lowest BCUT2D eigenvalue weighted by Crippen LogP contribution is -2.38. The Morgan fingerprint density at radius 2 is 1.92 bits per heavy atom. The predicted octanol–water partition coefficient (Wildman–Crippen LogP) is 3.93. The molecular formula is C19H27ClN2O3. The molecule has 1 aromatic carbocycles. The van der Waals surface area contributed by atoms with Gasteiger partial charge in [0.05, 0.1) is 12.8 Å². The van der Waals surface area contributed by atoms with Gasteiger partial charge in [-0.15, -0.1) is 0 Å². The van der Waals surface area contributed by atoms with Crippen LogP contribution in [-0.4, -0.2) is 31.5 Å². The van der Waals surface area contributed by atoms with Gasteiger partial charge in [-0.25, -0.2) is 0 Å². The van der Waals surface area contributed by atoms with E-state index in [1.807, 2.05) is 0 Å². The highest BCUT2D eigenvalue weighted by Crippen LogP contribution is 2.31. The van der Waals surface area contributed by atoms with E-state index >= 15 is 0 Å². The van der Waals surface area contributed by atoms with Gasteiger partial charge >= 0.3 is 0 Å². The molecule has 1 fully saturated rings. The third-order valence-corrected chi connectivity index (χ3v) is 4.83. The predicted molar refractivity (Wildman–Crippen MR) is 100 cm³/mol. The van der Waals surface area contributed by atoms with Crippen LogP contribution in [0.15, 0.2) is 18.2 Å². The summed E-state index contributed by atoms with van der Waals surface area (Å²) < 4.78 is 5.32. The summed E-state index contributed by atoms with van der Waals surface area (Å²) in [7, 11) is 1.55. The Balaban J connectivity index is 1.98. The van der Waals surface area contributed by atoms with E-state index in [2.05, 4.69) is 5.32 Å². The van der Waals surface area contributed by atoms with E-state index in [1.165, 1.54) is 37.5 Å². The summed E-state index contributed by atoms with van der Waals surface area (Å²) in [6, 6.07) is 5.38. The summed E-state index contributed by atoms with van der Waals surface area (Å²) in [6.07, 6.45) is 7.19. The average molecular weight is 367 g/mol. The van der Waals surface area contributed by atoms with E-state index in [4.69, 9.17) is 16.3 Å². The normalized spacial score (nSPS) is 15.3. The number of ether oxygens (including phenoxy) is 1. The van der Waals surface area contributed by atoms with E-state index in [0.717, 1.165) is 12.8 Å². The third-order valence-electron chi connectivity index (χ3n) is 4.59. The molecule has 0 atom stereocenters. The van der Waals surface area contributed by atoms with Crippen molar-refractivity contribution in [2.24, 2.45) is 0 Å². The van der Waals surface area contributed by atoms with Crippen LogP contribution in [0.4, 0.5) is 5.69 Å². The van der Waals surface area contributed by atoms with Crippen molar-refractivity contribution in [1.82, 2.24) is 5.32 Å². The first-order valence-corrected chi connectivity index (χ1v) is 9.30. The Bertz CT molecular complexity index is 598. The van der Waals surface area contributed by atoms with Crippen LogP contribution in [0.3, 0.4) is 0 Å². The summed E-state index contributed by atoms with van der Waals surface area (Å²) in [5, 5.41) is 3.63. The number of hydrogen-bond donors (Lipinski definition) is 1. The number of nitrogens with one attached hydrogen (secondary N) is 1. The van der Waals surface area contributed by atoms with Crippen LogP contribution in [0.5, 0.6) is 5.75 Å². The molecule has 1 saturated carbocycles. The van der Waals surface area contributed by atoms with Gasteiger partial charge in [0.1, 0.15) is 5.75 Å². The van der Waals surface area contributed by atoms with Gasteiger partial charge in [-0.05, 0) is 31.0 Å². The first-order valence-electron chi connectivity index (χ1n) is 8.92. The fourth-order valence-electron chi connectivity index (χ4n) is 3.26. The first-order chi connectivity index (χ1) is 12.0. The maximum Gasteiger partial charge on any atom is 0.223 e. The second-order valence-electron chi connectivity index (χ2n) is 6.49. The molecule has 0 radical (unpaired) electrons. The van der Waals surface area contributed by atoms with E-state index in [9.17, 15) is 9.59 Å². The lowest BCUT2D eigenvalue weighted by Gasteiger charge is -2.24. The van der Waals surface area contributed by atoms with Crippen LogP contribution >= 0.6 is 11.6 Å². The highest BCUT2D eigenvalue weighted by molar-refractivity contribution is 6.31. The second kappa shape index (κ2) is 9.66. The van der Waals surface area contributed by atoms with Gasteiger partial charge in [0.2, 0.25) is 11.8 Å². The molecule has 1 aliphatic carbocycles. The number of rotatable bonds is 6. The summed E-state index contributed by atoms with van der Waals surface area (Å²) in [5.41, 5.74) is 0.588. The van der Waals surface area contributed by atoms with Crippen LogP contribution < -0.4 is 15.0 Å². The number of carbonyl (C=O) groups excluding carboxylic acids is 2. The van der Waals surface area contributed by atoms with Crippen molar-refractivity contribution in [3.05, 3.63) is 23.2 Å². The molecular weight excluding hydrogens is 340 g/mol. The molecule has 0 aromatic heterocycles. The Labute approximate surface area is 154 Å². The quantitative estimate of drug-likeness (QED) is 0.776. The molecule has 138 valence electrons. The summed E-state index contributed by atoms with van der Waals surface area (Å²) >= 11 is 6.06. The highest BCUT2D eigenvalue weighted by Gasteiger charge is 2.19. The lowest BCUT2D eigenvalue weighted by molar-refractivity contribution is -0.121. The maximum absolute atomic E-state index is 12.3. The number of amides is 2. The average Bonchev–Trinajstić information content (AvgIpc) is 2.83. The largest absolute Gasteiger partial charge is 0.495 e. The highest BCUT2D eigenvalue weighted by atomic mass is 35.5. The lowest BCUT2D eigenvalue weighted by atomic mass is 10.1. The van der Waals surface area contributed by atoms with Crippen LogP contribution in [0.2, 0.25) is 5.02 Å². The molecule has 5 nitrogen and oxygen atoms in total. The summed E-state index contributed by atoms with van der Waals surface area (Å²) in [6.45, 7) is 1.77. The van der Waals surface area contributed by atoms with Crippen LogP contribution in [-0.2, 0) is 9.59 Å². The summed E-state index contributed by atoms with van der Waals surface area (Å²) in [5.74, 6) is 0.394. The number of nitrogens with zero attached hydrogens (tertiary/aromatic N) is 1. The fourth-order valence-corrected chi connectivity index (χ4v) is 3.42. The monoisotopic (exact) mass is 366 g/mol. The Hall–Kier alpha value is -1.75. The number of halogens is 1. The van der Waals surface area contributed by atoms with Crippen molar-refractivity contribution in [3.8, 4) is 5.75 Å². The zero-order valence-corrected chi connectivity index (χ0v) is 15.8. The number of hydrogen-bond acceptors (Lipinski definition) is 3. The number of anilines is 1. The van der Waals surface area contributed by atoms with Crippen molar-refractivity contribution in [2.75, 3.05) is 18.6 Å². The van der Waals surface area contributed by atoms with Gasteiger partial charge < -0.3 is 15.0 Å². The van der Waals surface area contributed by atoms with Crippen LogP contribution in [0, 0.1) is 0 Å². The van der Waals surface area contributed by atoms with Gasteiger partial charge in [0.25, 0.3) is 0 Å². The number of methoxy groups -OCH3 is 1. The molecule has 1 aliphatic rings. The first kappa shape index (κ1) is 19.6. The van der Waals surface area contributed by atoms with E-state index < -0.39 is 0 Å². The van der Waals surface area contributed by atoms with E-state index in [0.29, 0.717) is 23.0 Å². The van der Waals surface area contributed by atoms with Gasteiger partial charge in [0.15, 0.2) is 0 Å². The fraction of sp³-hybridized carbons (Fsp3) is 0.579. The zero-order valence-electron chi connectivity index (χ0n) is 15.0. The van der Waals surface area contributed by atoms with Crippen molar-refractivity contribution < 1.29 is 14.3 Å². The molecule has 0 bridgehead atoms. The minimum atomic E-state index is -0.150. The molecule has 2 amide bonds. The van der Waals surface area contributed by atoms with Crippen molar-refractivity contribution in [2.45, 2.75) is 57.9 Å². The Morgan fingerprint density at radius 3 is 2.52 bits per heavy atom. The van der Waals surface area contributed by atoms with Gasteiger partial charge in [-0.3, -0.25) is 9.59 Å². The van der Waals surface area contributed by atoms with Crippen molar-refractivity contribution in [3.63, 3.8) is 0 Å². The number of benzene rings is 1. The summed E-state index contributed by atoms with van der Waals surface area (Å²) in [4.78, 5) is 25.9. The molecule has 1 aromatic rings. The zero-order chi connectivity index (χ0) is 18.2. The maximum atomic E-state index is 12.3. The molecule has 0 spiro atoms. The molecule has 2 rings (SSSR count). The minimum Gasteiger partial charge on any atom is -0.495 e. The van der Waals surface area contributed by atoms with Crippen LogP contribution in [0.25, 0.3) is 0 Å². The van der Waals surface area contributed by atoms with E-state index in [-0.39, 0.29) is 24.3 Å². The standard InChI is InChI=1S/C19H27ClN2O3/c1-14(23)22(17-13-15(20)9-10-18(17)25-2)12-11-19(24)21-16-7-5-3-4-6-8-16/h9-10,13,16H,3-8,11-12H2,1-2H3,(H,21,24). The Kier molecular flexibility index (Phi) is 7.56. The van der Waals surface area contributed by atoms with E-state index in [1.54, 1.807) is 25.3 Å². The molecule has 0 unspecified atom stereocenters. The molecule has 6 heteroatoms. The number of carbonyl (C=O) groups is 2. The molecule has 25 heavy (non-hydrogen) atoms. The third kappa shape index (κ3) is 5.92. The SMILES string of the molecule is COc1ccc(Cl)cc1N(CCC(=O)NC1CCCCCC1)C(C)=O. The second-order valence-corrected chi connectivity index (χ2v) is 6.93. The molecule has 0 heterocycles. The molecule has 0 saturated heterocycles.